The third-order valence-electron chi connectivity index (χ3n) is 5.29. The minimum Gasteiger partial charge on any atom is -0.348 e. The first-order chi connectivity index (χ1) is 15.5. The largest absolute Gasteiger partial charge is 0.373 e. The number of aromatic nitrogens is 2. The van der Waals surface area contributed by atoms with Gasteiger partial charge in [0, 0.05) is 36.7 Å². The minimum atomic E-state index is -0.0372. The van der Waals surface area contributed by atoms with E-state index in [1.165, 1.54) is 26.2 Å². The van der Waals surface area contributed by atoms with Crippen LogP contribution in [0.2, 0.25) is 0 Å². The average molecular weight is 452 g/mol. The van der Waals surface area contributed by atoms with Crippen LogP contribution in [0.1, 0.15) is 58.3 Å². The molecular formula is C24H25N3O4S. The van der Waals surface area contributed by atoms with Crippen molar-refractivity contribution in [1.29, 1.82) is 0 Å². The molecule has 0 saturated carbocycles. The standard InChI is InChI=1S/C23H25N3O2S.CO2/c1-17(27)19-13-21(22(28)12-18-8-4-2-5-9-18)26(14-19)15-20-16-29-23(24-20)25-10-6-3-7-11-25;2-1-3/h2,4-5,8-9,13-14,16H,3,6-7,10-12,15H2,1H3;. The second kappa shape index (κ2) is 11.3. The zero-order valence-electron chi connectivity index (χ0n) is 18.0. The van der Waals surface area contributed by atoms with E-state index in [0.717, 1.165) is 29.5 Å². The van der Waals surface area contributed by atoms with Crippen LogP contribution in [-0.4, -0.2) is 40.4 Å². The normalized spacial score (nSPS) is 13.1. The molecule has 4 rings (SSSR count). The molecule has 2 aromatic heterocycles. The Balaban J connectivity index is 0.000000913. The first-order valence-corrected chi connectivity index (χ1v) is 11.4. The number of hydrogen-bond donors (Lipinski definition) is 0. The van der Waals surface area contributed by atoms with Gasteiger partial charge in [0.25, 0.3) is 0 Å². The van der Waals surface area contributed by atoms with Crippen LogP contribution >= 0.6 is 11.3 Å². The third kappa shape index (κ3) is 6.09. The summed E-state index contributed by atoms with van der Waals surface area (Å²) in [5.74, 6) is -0.0278. The fourth-order valence-electron chi connectivity index (χ4n) is 3.71. The molecule has 1 aromatic carbocycles. The highest BCUT2D eigenvalue weighted by Gasteiger charge is 2.19. The number of hydrogen-bond acceptors (Lipinski definition) is 7. The lowest BCUT2D eigenvalue weighted by Crippen LogP contribution is -2.29. The van der Waals surface area contributed by atoms with Gasteiger partial charge in [-0.1, -0.05) is 30.3 Å². The number of thiazole rings is 1. The second-order valence-electron chi connectivity index (χ2n) is 7.64. The molecule has 0 unspecified atom stereocenters. The molecule has 0 bridgehead atoms. The zero-order chi connectivity index (χ0) is 22.9. The molecule has 32 heavy (non-hydrogen) atoms. The number of piperidine rings is 1. The lowest BCUT2D eigenvalue weighted by atomic mass is 10.1. The quantitative estimate of drug-likeness (QED) is 0.504. The molecule has 8 heteroatoms. The predicted molar refractivity (Wildman–Crippen MR) is 121 cm³/mol. The predicted octanol–water partition coefficient (Wildman–Crippen LogP) is 4.03. The maximum Gasteiger partial charge on any atom is 0.373 e. The van der Waals surface area contributed by atoms with E-state index < -0.39 is 0 Å². The molecule has 3 aromatic rings. The van der Waals surface area contributed by atoms with Crippen LogP contribution in [0, 0.1) is 0 Å². The maximum atomic E-state index is 13.0. The average Bonchev–Trinajstić information content (AvgIpc) is 3.44. The molecule has 1 fully saturated rings. The summed E-state index contributed by atoms with van der Waals surface area (Å²) >= 11 is 1.65. The summed E-state index contributed by atoms with van der Waals surface area (Å²) < 4.78 is 1.87. The SMILES string of the molecule is CC(=O)c1cc(C(=O)Cc2ccccc2)n(Cc2csc(N3CCCCC3)n2)c1.O=C=O. The summed E-state index contributed by atoms with van der Waals surface area (Å²) in [5.41, 5.74) is 3.02. The number of anilines is 1. The van der Waals surface area contributed by atoms with Crippen molar-refractivity contribution in [3.05, 3.63) is 70.5 Å². The highest BCUT2D eigenvalue weighted by molar-refractivity contribution is 7.13. The maximum absolute atomic E-state index is 13.0. The van der Waals surface area contributed by atoms with Crippen LogP contribution in [0.15, 0.2) is 48.0 Å². The molecular weight excluding hydrogens is 426 g/mol. The first-order valence-electron chi connectivity index (χ1n) is 10.5. The van der Waals surface area contributed by atoms with E-state index in [1.54, 1.807) is 23.6 Å². The fourth-order valence-corrected chi connectivity index (χ4v) is 4.58. The van der Waals surface area contributed by atoms with E-state index in [4.69, 9.17) is 14.6 Å². The van der Waals surface area contributed by atoms with Gasteiger partial charge in [-0.2, -0.15) is 9.59 Å². The number of carbonyl (C=O) groups is 2. The summed E-state index contributed by atoms with van der Waals surface area (Å²) in [6, 6.07) is 11.4. The van der Waals surface area contributed by atoms with Crippen molar-refractivity contribution < 1.29 is 19.2 Å². The van der Waals surface area contributed by atoms with E-state index in [2.05, 4.69) is 10.3 Å². The summed E-state index contributed by atoms with van der Waals surface area (Å²) in [6.45, 7) is 4.15. The number of benzene rings is 1. The van der Waals surface area contributed by atoms with Crippen LogP contribution in [0.4, 0.5) is 5.13 Å². The van der Waals surface area contributed by atoms with Crippen LogP contribution in [-0.2, 0) is 22.6 Å². The first kappa shape index (κ1) is 23.3. The van der Waals surface area contributed by atoms with E-state index >= 15 is 0 Å². The van der Waals surface area contributed by atoms with Crippen LogP contribution in [0.25, 0.3) is 0 Å². The van der Waals surface area contributed by atoms with Gasteiger partial charge in [0.05, 0.1) is 17.9 Å². The van der Waals surface area contributed by atoms with Crippen molar-refractivity contribution in [1.82, 2.24) is 9.55 Å². The van der Waals surface area contributed by atoms with E-state index in [1.807, 2.05) is 34.9 Å². The van der Waals surface area contributed by atoms with E-state index in [-0.39, 0.29) is 17.7 Å². The fraction of sp³-hybridized carbons (Fsp3) is 0.333. The van der Waals surface area contributed by atoms with Crippen LogP contribution in [0.3, 0.4) is 0 Å². The summed E-state index contributed by atoms with van der Waals surface area (Å²) in [6.07, 6.45) is 6.07. The monoisotopic (exact) mass is 451 g/mol. The third-order valence-corrected chi connectivity index (χ3v) is 6.25. The molecule has 0 radical (unpaired) electrons. The molecule has 1 aliphatic heterocycles. The van der Waals surface area contributed by atoms with Gasteiger partial charge in [-0.3, -0.25) is 9.59 Å². The molecule has 0 atom stereocenters. The van der Waals surface area contributed by atoms with Crippen LogP contribution < -0.4 is 4.90 Å². The highest BCUT2D eigenvalue weighted by atomic mass is 32.1. The van der Waals surface area contributed by atoms with Gasteiger partial charge in [0.2, 0.25) is 0 Å². The Labute approximate surface area is 190 Å². The highest BCUT2D eigenvalue weighted by Crippen LogP contribution is 2.25. The topological polar surface area (TPSA) is 89.3 Å². The molecule has 7 nitrogen and oxygen atoms in total. The Bertz CT molecular complexity index is 1090. The van der Waals surface area contributed by atoms with Crippen molar-refractivity contribution in [3.63, 3.8) is 0 Å². The molecule has 0 N–H and O–H groups in total. The van der Waals surface area contributed by atoms with Gasteiger partial charge < -0.3 is 9.47 Å². The Morgan fingerprint density at radius 3 is 2.44 bits per heavy atom. The Hall–Kier alpha value is -3.35. The lowest BCUT2D eigenvalue weighted by Gasteiger charge is -2.25. The Kier molecular flexibility index (Phi) is 8.25. The van der Waals surface area contributed by atoms with Crippen molar-refractivity contribution in [3.8, 4) is 0 Å². The molecule has 1 aliphatic rings. The summed E-state index contributed by atoms with van der Waals surface area (Å²) in [7, 11) is 0. The van der Waals surface area contributed by atoms with Gasteiger partial charge in [-0.05, 0) is 37.8 Å². The summed E-state index contributed by atoms with van der Waals surface area (Å²) in [5, 5.41) is 3.11. The number of carbonyl (C=O) groups excluding carboxylic acids is 4. The second-order valence-corrected chi connectivity index (χ2v) is 8.47. The molecule has 0 aliphatic carbocycles. The van der Waals surface area contributed by atoms with Gasteiger partial charge in [0.15, 0.2) is 16.7 Å². The molecule has 166 valence electrons. The molecule has 1 saturated heterocycles. The number of ketones is 2. The van der Waals surface area contributed by atoms with Crippen molar-refractivity contribution in [2.45, 2.75) is 39.2 Å². The molecule has 0 spiro atoms. The Morgan fingerprint density at radius 1 is 1.09 bits per heavy atom. The number of nitrogens with zero attached hydrogens (tertiary/aromatic N) is 3. The molecule has 3 heterocycles. The van der Waals surface area contributed by atoms with Gasteiger partial charge in [-0.15, -0.1) is 11.3 Å². The van der Waals surface area contributed by atoms with Gasteiger partial charge in [-0.25, -0.2) is 4.98 Å². The van der Waals surface area contributed by atoms with Crippen molar-refractivity contribution in [2.75, 3.05) is 18.0 Å². The lowest BCUT2D eigenvalue weighted by molar-refractivity contribution is -0.191. The zero-order valence-corrected chi connectivity index (χ0v) is 18.8. The van der Waals surface area contributed by atoms with Crippen LogP contribution in [0.5, 0.6) is 0 Å². The smallest absolute Gasteiger partial charge is 0.348 e. The van der Waals surface area contributed by atoms with Crippen molar-refractivity contribution >= 4 is 34.2 Å². The summed E-state index contributed by atoms with van der Waals surface area (Å²) in [4.78, 5) is 48.3. The molecule has 0 amide bonds. The van der Waals surface area contributed by atoms with Crippen molar-refractivity contribution in [2.24, 2.45) is 0 Å². The van der Waals surface area contributed by atoms with Gasteiger partial charge in [0.1, 0.15) is 0 Å². The number of rotatable bonds is 7. The van der Waals surface area contributed by atoms with Gasteiger partial charge >= 0.3 is 6.15 Å². The minimum absolute atomic E-state index is 0.00943. The number of Topliss-reactive ketones (excluding diaryl/α,β-unsaturated/α-hetero) is 2. The Morgan fingerprint density at radius 2 is 1.78 bits per heavy atom. The van der Waals surface area contributed by atoms with E-state index in [0.29, 0.717) is 24.2 Å². The van der Waals surface area contributed by atoms with E-state index in [9.17, 15) is 9.59 Å².